The zero-order chi connectivity index (χ0) is 17.9. The van der Waals surface area contributed by atoms with Crippen molar-refractivity contribution in [2.75, 3.05) is 5.32 Å². The van der Waals surface area contributed by atoms with Crippen LogP contribution in [0.4, 0.5) is 5.69 Å². The molecule has 4 aromatic rings. The van der Waals surface area contributed by atoms with Gasteiger partial charge in [0.2, 0.25) is 11.8 Å². The molecule has 0 aliphatic rings. The van der Waals surface area contributed by atoms with E-state index < -0.39 is 0 Å². The van der Waals surface area contributed by atoms with E-state index in [1.165, 1.54) is 0 Å². The highest BCUT2D eigenvalue weighted by molar-refractivity contribution is 5.84. The van der Waals surface area contributed by atoms with E-state index in [0.717, 1.165) is 28.1 Å². The van der Waals surface area contributed by atoms with Gasteiger partial charge in [-0.15, -0.1) is 10.2 Å². The number of hydrogen-bond donors (Lipinski definition) is 1. The normalized spacial score (nSPS) is 12.1. The zero-order valence-corrected chi connectivity index (χ0v) is 14.5. The number of hydrogen-bond acceptors (Lipinski definition) is 6. The summed E-state index contributed by atoms with van der Waals surface area (Å²) in [6.07, 6.45) is 1.77. The molecule has 0 fully saturated rings. The number of rotatable bonds is 5. The summed E-state index contributed by atoms with van der Waals surface area (Å²) >= 11 is 0. The molecule has 2 aromatic carbocycles. The molecule has 2 aromatic heterocycles. The smallest absolute Gasteiger partial charge is 0.238 e. The molecule has 1 atom stereocenters. The standard InChI is InChI=1S/C20H18N4O2/c1-13(20-24-23-14(2)25-20)22-16-8-10-17(11-9-16)26-18-7-3-5-15-6-4-12-21-19(15)18/h3-13,22H,1-2H3. The average molecular weight is 346 g/mol. The fourth-order valence-corrected chi connectivity index (χ4v) is 2.70. The quantitative estimate of drug-likeness (QED) is 0.554. The predicted molar refractivity (Wildman–Crippen MR) is 99.3 cm³/mol. The van der Waals surface area contributed by atoms with Gasteiger partial charge in [0.1, 0.15) is 17.3 Å². The minimum atomic E-state index is -0.0785. The molecule has 0 aliphatic heterocycles. The minimum absolute atomic E-state index is 0.0785. The van der Waals surface area contributed by atoms with Gasteiger partial charge >= 0.3 is 0 Å². The maximum Gasteiger partial charge on any atom is 0.238 e. The molecule has 0 bridgehead atoms. The second kappa shape index (κ2) is 6.84. The third kappa shape index (κ3) is 3.35. The first-order valence-electron chi connectivity index (χ1n) is 8.37. The summed E-state index contributed by atoms with van der Waals surface area (Å²) in [6.45, 7) is 3.75. The van der Waals surface area contributed by atoms with Crippen molar-refractivity contribution in [1.82, 2.24) is 15.2 Å². The van der Waals surface area contributed by atoms with Gasteiger partial charge in [0, 0.05) is 24.2 Å². The van der Waals surface area contributed by atoms with Crippen molar-refractivity contribution in [3.05, 3.63) is 72.6 Å². The number of fused-ring (bicyclic) bond motifs is 1. The summed E-state index contributed by atoms with van der Waals surface area (Å²) in [4.78, 5) is 4.41. The third-order valence-corrected chi connectivity index (χ3v) is 3.97. The van der Waals surface area contributed by atoms with Crippen molar-refractivity contribution < 1.29 is 9.15 Å². The van der Waals surface area contributed by atoms with Gasteiger partial charge in [0.25, 0.3) is 0 Å². The van der Waals surface area contributed by atoms with Gasteiger partial charge in [-0.05, 0) is 43.3 Å². The molecule has 4 rings (SSSR count). The van der Waals surface area contributed by atoms with Crippen molar-refractivity contribution in [2.45, 2.75) is 19.9 Å². The fraction of sp³-hybridized carbons (Fsp3) is 0.150. The van der Waals surface area contributed by atoms with E-state index >= 15 is 0 Å². The number of para-hydroxylation sites is 1. The first-order valence-corrected chi connectivity index (χ1v) is 8.37. The summed E-state index contributed by atoms with van der Waals surface area (Å²) in [5.41, 5.74) is 1.79. The number of anilines is 1. The maximum absolute atomic E-state index is 6.01. The topological polar surface area (TPSA) is 73.1 Å². The molecule has 26 heavy (non-hydrogen) atoms. The lowest BCUT2D eigenvalue weighted by atomic mass is 10.2. The average Bonchev–Trinajstić information content (AvgIpc) is 3.10. The number of nitrogens with zero attached hydrogens (tertiary/aromatic N) is 3. The summed E-state index contributed by atoms with van der Waals surface area (Å²) in [7, 11) is 0. The summed E-state index contributed by atoms with van der Waals surface area (Å²) in [6, 6.07) is 17.5. The Morgan fingerprint density at radius 3 is 2.58 bits per heavy atom. The number of aryl methyl sites for hydroxylation is 1. The van der Waals surface area contributed by atoms with Gasteiger partial charge in [-0.25, -0.2) is 0 Å². The van der Waals surface area contributed by atoms with Crippen molar-refractivity contribution in [2.24, 2.45) is 0 Å². The number of ether oxygens (including phenoxy) is 1. The van der Waals surface area contributed by atoms with E-state index in [1.54, 1.807) is 13.1 Å². The number of pyridine rings is 1. The van der Waals surface area contributed by atoms with Crippen LogP contribution in [0.15, 0.2) is 65.2 Å². The molecular formula is C20H18N4O2. The van der Waals surface area contributed by atoms with Crippen LogP contribution in [-0.2, 0) is 0 Å². The molecule has 6 heteroatoms. The van der Waals surface area contributed by atoms with E-state index in [0.29, 0.717) is 11.8 Å². The first kappa shape index (κ1) is 16.1. The molecule has 0 spiro atoms. The van der Waals surface area contributed by atoms with Crippen LogP contribution >= 0.6 is 0 Å². The van der Waals surface area contributed by atoms with Gasteiger partial charge in [0.15, 0.2) is 5.75 Å². The molecule has 6 nitrogen and oxygen atoms in total. The highest BCUT2D eigenvalue weighted by Crippen LogP contribution is 2.29. The molecular weight excluding hydrogens is 328 g/mol. The largest absolute Gasteiger partial charge is 0.455 e. The van der Waals surface area contributed by atoms with E-state index in [4.69, 9.17) is 9.15 Å². The lowest BCUT2D eigenvalue weighted by Gasteiger charge is -2.12. The number of nitrogens with one attached hydrogen (secondary N) is 1. The van der Waals surface area contributed by atoms with E-state index in [9.17, 15) is 0 Å². The molecule has 0 saturated carbocycles. The molecule has 1 N–H and O–H groups in total. The Bertz CT molecular complexity index is 1020. The number of benzene rings is 2. The van der Waals surface area contributed by atoms with E-state index in [2.05, 4.69) is 20.5 Å². The molecule has 0 aliphatic carbocycles. The summed E-state index contributed by atoms with van der Waals surface area (Å²) in [5.74, 6) is 2.60. The molecule has 0 amide bonds. The minimum Gasteiger partial charge on any atom is -0.455 e. The summed E-state index contributed by atoms with van der Waals surface area (Å²) in [5, 5.41) is 12.3. The Kier molecular flexibility index (Phi) is 4.23. The van der Waals surface area contributed by atoms with Gasteiger partial charge in [-0.3, -0.25) is 4.98 Å². The van der Waals surface area contributed by atoms with Crippen molar-refractivity contribution in [3.63, 3.8) is 0 Å². The van der Waals surface area contributed by atoms with Gasteiger partial charge < -0.3 is 14.5 Å². The number of aromatic nitrogens is 3. The van der Waals surface area contributed by atoms with Crippen LogP contribution < -0.4 is 10.1 Å². The van der Waals surface area contributed by atoms with E-state index in [-0.39, 0.29) is 6.04 Å². The van der Waals surface area contributed by atoms with Crippen LogP contribution in [0.25, 0.3) is 10.9 Å². The Morgan fingerprint density at radius 1 is 1.00 bits per heavy atom. The molecule has 1 unspecified atom stereocenters. The fourth-order valence-electron chi connectivity index (χ4n) is 2.70. The van der Waals surface area contributed by atoms with Crippen LogP contribution in [0.1, 0.15) is 24.7 Å². The van der Waals surface area contributed by atoms with Gasteiger partial charge in [0.05, 0.1) is 0 Å². The Balaban J connectivity index is 1.49. The van der Waals surface area contributed by atoms with Crippen LogP contribution in [0.5, 0.6) is 11.5 Å². The van der Waals surface area contributed by atoms with Crippen molar-refractivity contribution in [1.29, 1.82) is 0 Å². The summed E-state index contributed by atoms with van der Waals surface area (Å²) < 4.78 is 11.5. The predicted octanol–water partition coefficient (Wildman–Crippen LogP) is 4.89. The third-order valence-electron chi connectivity index (χ3n) is 3.97. The Morgan fingerprint density at radius 2 is 1.81 bits per heavy atom. The highest BCUT2D eigenvalue weighted by atomic mass is 16.5. The maximum atomic E-state index is 6.01. The molecule has 130 valence electrons. The molecule has 0 radical (unpaired) electrons. The van der Waals surface area contributed by atoms with Crippen molar-refractivity contribution >= 4 is 16.6 Å². The second-order valence-electron chi connectivity index (χ2n) is 5.98. The second-order valence-corrected chi connectivity index (χ2v) is 5.98. The Labute approximate surface area is 150 Å². The van der Waals surface area contributed by atoms with Crippen LogP contribution in [0.2, 0.25) is 0 Å². The SMILES string of the molecule is Cc1nnc(C(C)Nc2ccc(Oc3cccc4cccnc34)cc2)o1. The first-order chi connectivity index (χ1) is 12.7. The highest BCUT2D eigenvalue weighted by Gasteiger charge is 2.12. The van der Waals surface area contributed by atoms with Crippen LogP contribution in [0, 0.1) is 6.92 Å². The lowest BCUT2D eigenvalue weighted by Crippen LogP contribution is -2.06. The molecule has 0 saturated heterocycles. The van der Waals surface area contributed by atoms with E-state index in [1.807, 2.05) is 61.5 Å². The van der Waals surface area contributed by atoms with Gasteiger partial charge in [-0.1, -0.05) is 18.2 Å². The zero-order valence-electron chi connectivity index (χ0n) is 14.5. The monoisotopic (exact) mass is 346 g/mol. The van der Waals surface area contributed by atoms with Crippen LogP contribution in [0.3, 0.4) is 0 Å². The Hall–Kier alpha value is -3.41. The lowest BCUT2D eigenvalue weighted by molar-refractivity contribution is 0.451. The van der Waals surface area contributed by atoms with Gasteiger partial charge in [-0.2, -0.15) is 0 Å². The van der Waals surface area contributed by atoms with Crippen LogP contribution in [-0.4, -0.2) is 15.2 Å². The van der Waals surface area contributed by atoms with Crippen molar-refractivity contribution in [3.8, 4) is 11.5 Å². The molecule has 2 heterocycles.